The number of rotatable bonds is 6. The number of aliphatic hydroxyl groups excluding tert-OH is 1. The topological polar surface area (TPSA) is 83.8 Å². The third-order valence-corrected chi connectivity index (χ3v) is 7.19. The molecule has 2 atom stereocenters. The van der Waals surface area contributed by atoms with Crippen LogP contribution in [0.15, 0.2) is 30.3 Å². The zero-order valence-corrected chi connectivity index (χ0v) is 20.9. The number of ether oxygens (including phenoxy) is 2. The molecule has 1 unspecified atom stereocenters. The molecule has 0 bridgehead atoms. The van der Waals surface area contributed by atoms with Gasteiger partial charge in [0.1, 0.15) is 11.6 Å². The first-order chi connectivity index (χ1) is 17.1. The number of benzene rings is 1. The quantitative estimate of drug-likeness (QED) is 0.569. The van der Waals surface area contributed by atoms with E-state index in [4.69, 9.17) is 24.4 Å². The Morgan fingerprint density at radius 2 is 2.03 bits per heavy atom. The molecule has 2 aromatic heterocycles. The fourth-order valence-corrected chi connectivity index (χ4v) is 5.21. The maximum absolute atomic E-state index is 9.78. The molecule has 2 aliphatic heterocycles. The van der Waals surface area contributed by atoms with Crippen molar-refractivity contribution in [3.63, 3.8) is 0 Å². The van der Waals surface area contributed by atoms with Crippen molar-refractivity contribution < 1.29 is 14.6 Å². The number of nitrogens with zero attached hydrogens (tertiary/aromatic N) is 5. The SMILES string of the molecule is CC[C@H]1COCCN1c1nc(N2CCCC(C)C2)nc2nc(-c3ccc(OC)c(CO)c3)ccc12. The smallest absolute Gasteiger partial charge is 0.229 e. The third kappa shape index (κ3) is 4.77. The van der Waals surface area contributed by atoms with Crippen LogP contribution in [0.5, 0.6) is 5.75 Å². The number of methoxy groups -OCH3 is 1. The van der Waals surface area contributed by atoms with Crippen LogP contribution in [-0.4, -0.2) is 66.1 Å². The lowest BCUT2D eigenvalue weighted by Crippen LogP contribution is -2.46. The second-order valence-corrected chi connectivity index (χ2v) is 9.62. The van der Waals surface area contributed by atoms with Gasteiger partial charge in [-0.3, -0.25) is 0 Å². The van der Waals surface area contributed by atoms with Gasteiger partial charge in [-0.15, -0.1) is 0 Å². The molecule has 1 aromatic carbocycles. The zero-order valence-electron chi connectivity index (χ0n) is 20.9. The average molecular weight is 478 g/mol. The Balaban J connectivity index is 1.63. The van der Waals surface area contributed by atoms with Gasteiger partial charge in [-0.2, -0.15) is 9.97 Å². The monoisotopic (exact) mass is 477 g/mol. The molecule has 3 aromatic rings. The molecule has 8 nitrogen and oxygen atoms in total. The number of anilines is 2. The van der Waals surface area contributed by atoms with E-state index in [0.29, 0.717) is 30.5 Å². The van der Waals surface area contributed by atoms with Crippen LogP contribution in [0.1, 0.15) is 38.7 Å². The number of hydrogen-bond donors (Lipinski definition) is 1. The molecule has 0 radical (unpaired) electrons. The Morgan fingerprint density at radius 3 is 2.80 bits per heavy atom. The minimum atomic E-state index is -0.0936. The number of piperidine rings is 1. The molecule has 35 heavy (non-hydrogen) atoms. The standard InChI is InChI=1S/C27H35N5O3/c1-4-21-17-35-13-12-32(21)26-22-8-9-23(19-7-10-24(34-3)20(14-19)16-33)28-25(22)29-27(30-26)31-11-5-6-18(2)15-31/h7-10,14,18,21,33H,4-6,11-13,15-17H2,1-3H3/t18?,21-/m0/s1. The van der Waals surface area contributed by atoms with Gasteiger partial charge in [-0.05, 0) is 55.5 Å². The Labute approximate surface area is 206 Å². The summed E-state index contributed by atoms with van der Waals surface area (Å²) < 4.78 is 11.1. The highest BCUT2D eigenvalue weighted by Crippen LogP contribution is 2.33. The summed E-state index contributed by atoms with van der Waals surface area (Å²) in [5.74, 6) is 2.99. The third-order valence-electron chi connectivity index (χ3n) is 7.19. The van der Waals surface area contributed by atoms with Gasteiger partial charge >= 0.3 is 0 Å². The molecule has 4 heterocycles. The van der Waals surface area contributed by atoms with E-state index in [2.05, 4.69) is 29.7 Å². The molecular formula is C27H35N5O3. The molecule has 2 aliphatic rings. The Hall–Kier alpha value is -2.97. The van der Waals surface area contributed by atoms with Crippen LogP contribution in [0.25, 0.3) is 22.3 Å². The van der Waals surface area contributed by atoms with Crippen LogP contribution >= 0.6 is 0 Å². The van der Waals surface area contributed by atoms with Crippen LogP contribution in [0.2, 0.25) is 0 Å². The highest BCUT2D eigenvalue weighted by molar-refractivity contribution is 5.90. The maximum atomic E-state index is 9.78. The molecule has 186 valence electrons. The fraction of sp³-hybridized carbons (Fsp3) is 0.519. The molecule has 0 spiro atoms. The van der Waals surface area contributed by atoms with Gasteiger partial charge in [0, 0.05) is 30.8 Å². The van der Waals surface area contributed by atoms with E-state index >= 15 is 0 Å². The van der Waals surface area contributed by atoms with Crippen molar-refractivity contribution in [3.8, 4) is 17.0 Å². The van der Waals surface area contributed by atoms with Crippen molar-refractivity contribution in [3.05, 3.63) is 35.9 Å². The van der Waals surface area contributed by atoms with Gasteiger partial charge in [0.05, 0.1) is 44.1 Å². The number of aliphatic hydroxyl groups is 1. The van der Waals surface area contributed by atoms with Gasteiger partial charge < -0.3 is 24.4 Å². The summed E-state index contributed by atoms with van der Waals surface area (Å²) in [6.45, 7) is 8.53. The Bertz CT molecular complexity index is 1190. The van der Waals surface area contributed by atoms with Crippen LogP contribution < -0.4 is 14.5 Å². The summed E-state index contributed by atoms with van der Waals surface area (Å²) in [5, 5.41) is 10.7. The summed E-state index contributed by atoms with van der Waals surface area (Å²) in [5.41, 5.74) is 3.16. The van der Waals surface area contributed by atoms with E-state index in [1.54, 1.807) is 7.11 Å². The summed E-state index contributed by atoms with van der Waals surface area (Å²) in [4.78, 5) is 19.8. The minimum absolute atomic E-state index is 0.0936. The van der Waals surface area contributed by atoms with Gasteiger partial charge in [0.15, 0.2) is 5.65 Å². The summed E-state index contributed by atoms with van der Waals surface area (Å²) in [7, 11) is 1.61. The van der Waals surface area contributed by atoms with Crippen molar-refractivity contribution in [1.29, 1.82) is 0 Å². The number of hydrogen-bond acceptors (Lipinski definition) is 8. The lowest BCUT2D eigenvalue weighted by atomic mass is 10.0. The van der Waals surface area contributed by atoms with Gasteiger partial charge in [-0.25, -0.2) is 4.98 Å². The van der Waals surface area contributed by atoms with Crippen LogP contribution in [0.3, 0.4) is 0 Å². The van der Waals surface area contributed by atoms with E-state index in [9.17, 15) is 5.11 Å². The zero-order chi connectivity index (χ0) is 24.4. The lowest BCUT2D eigenvalue weighted by molar-refractivity contribution is 0.0927. The van der Waals surface area contributed by atoms with Crippen molar-refractivity contribution in [2.24, 2.45) is 5.92 Å². The van der Waals surface area contributed by atoms with E-state index in [0.717, 1.165) is 66.4 Å². The first kappa shape index (κ1) is 23.8. The van der Waals surface area contributed by atoms with E-state index < -0.39 is 0 Å². The second-order valence-electron chi connectivity index (χ2n) is 9.62. The number of fused-ring (bicyclic) bond motifs is 1. The van der Waals surface area contributed by atoms with Crippen LogP contribution in [-0.2, 0) is 11.3 Å². The van der Waals surface area contributed by atoms with E-state index in [1.807, 2.05) is 24.3 Å². The predicted molar refractivity (Wildman–Crippen MR) is 138 cm³/mol. The van der Waals surface area contributed by atoms with Crippen molar-refractivity contribution in [2.75, 3.05) is 49.8 Å². The molecule has 0 aliphatic carbocycles. The molecule has 5 rings (SSSR count). The largest absolute Gasteiger partial charge is 0.496 e. The van der Waals surface area contributed by atoms with Crippen molar-refractivity contribution in [2.45, 2.75) is 45.8 Å². The first-order valence-electron chi connectivity index (χ1n) is 12.7. The highest BCUT2D eigenvalue weighted by atomic mass is 16.5. The molecule has 0 saturated carbocycles. The molecular weight excluding hydrogens is 442 g/mol. The maximum Gasteiger partial charge on any atom is 0.229 e. The Morgan fingerprint density at radius 1 is 1.14 bits per heavy atom. The molecule has 0 amide bonds. The molecule has 8 heteroatoms. The molecule has 2 saturated heterocycles. The number of pyridine rings is 1. The van der Waals surface area contributed by atoms with Gasteiger partial charge in [-0.1, -0.05) is 13.8 Å². The van der Waals surface area contributed by atoms with Gasteiger partial charge in [0.25, 0.3) is 0 Å². The average Bonchev–Trinajstić information content (AvgIpc) is 2.91. The summed E-state index contributed by atoms with van der Waals surface area (Å²) in [6, 6.07) is 10.2. The van der Waals surface area contributed by atoms with Crippen LogP contribution in [0.4, 0.5) is 11.8 Å². The fourth-order valence-electron chi connectivity index (χ4n) is 5.21. The predicted octanol–water partition coefficient (Wildman–Crippen LogP) is 4.04. The highest BCUT2D eigenvalue weighted by Gasteiger charge is 2.27. The van der Waals surface area contributed by atoms with Gasteiger partial charge in [0.2, 0.25) is 5.95 Å². The second kappa shape index (κ2) is 10.3. The lowest BCUT2D eigenvalue weighted by Gasteiger charge is -2.37. The van der Waals surface area contributed by atoms with Crippen molar-refractivity contribution in [1.82, 2.24) is 15.0 Å². The van der Waals surface area contributed by atoms with Crippen LogP contribution in [0, 0.1) is 5.92 Å². The summed E-state index contributed by atoms with van der Waals surface area (Å²) in [6.07, 6.45) is 3.38. The normalized spacial score (nSPS) is 20.9. The first-order valence-corrected chi connectivity index (χ1v) is 12.7. The Kier molecular flexibility index (Phi) is 7.02. The summed E-state index contributed by atoms with van der Waals surface area (Å²) >= 11 is 0. The number of morpholine rings is 1. The molecule has 2 fully saturated rings. The van der Waals surface area contributed by atoms with Crippen molar-refractivity contribution >= 4 is 22.8 Å². The minimum Gasteiger partial charge on any atom is -0.496 e. The van der Waals surface area contributed by atoms with E-state index in [1.165, 1.54) is 6.42 Å². The number of aromatic nitrogens is 3. The van der Waals surface area contributed by atoms with E-state index in [-0.39, 0.29) is 12.6 Å². The molecule has 1 N–H and O–H groups in total.